The van der Waals surface area contributed by atoms with E-state index < -0.39 is 0 Å². The zero-order valence-electron chi connectivity index (χ0n) is 12.3. The van der Waals surface area contributed by atoms with Crippen LogP contribution in [0.2, 0.25) is 0 Å². The fourth-order valence-corrected chi connectivity index (χ4v) is 1.61. The third kappa shape index (κ3) is 11.9. The molecule has 2 aromatic rings. The van der Waals surface area contributed by atoms with E-state index >= 15 is 0 Å². The zero-order valence-corrected chi connectivity index (χ0v) is 17.4. The summed E-state index contributed by atoms with van der Waals surface area (Å²) >= 11 is 4.82. The van der Waals surface area contributed by atoms with Gasteiger partial charge in [-0.25, -0.2) is 0 Å². The van der Waals surface area contributed by atoms with Crippen LogP contribution in [0, 0.1) is 14.9 Å². The van der Waals surface area contributed by atoms with Gasteiger partial charge in [0.05, 0.1) is 0 Å². The molecule has 0 saturated heterocycles. The topological polar surface area (TPSA) is 23.8 Å². The van der Waals surface area contributed by atoms with Crippen LogP contribution >= 0.6 is 15.9 Å². The Balaban J connectivity index is -0.000000251. The maximum atomic E-state index is 6.94. The van der Waals surface area contributed by atoms with E-state index in [9.17, 15) is 0 Å². The van der Waals surface area contributed by atoms with Crippen LogP contribution in [0.4, 0.5) is 0 Å². The first-order valence-electron chi connectivity index (χ1n) is 5.18. The second kappa shape index (κ2) is 12.1. The molecule has 2 radical (unpaired) electrons. The first kappa shape index (κ1) is 24.4. The molecular formula is C15H22BrNSiZr-4. The molecule has 0 unspecified atom stereocenters. The molecular weight excluding hydrogens is 393 g/mol. The molecule has 4 heteroatoms. The summed E-state index contributed by atoms with van der Waals surface area (Å²) in [7, 11) is 0. The standard InChI is InChI=1S/C9H6Br.C4H10N.2CH3.Si.Zr/c10-9-6-5-7-3-1-2-4-8(7)9;1-4(2,3)5;;;;/h1-6H;5H,1-3H3;2*1H3;;/q4*-1;;. The summed E-state index contributed by atoms with van der Waals surface area (Å²) in [6, 6.07) is 12.5. The Labute approximate surface area is 144 Å². The number of halogens is 1. The average molecular weight is 416 g/mol. The average Bonchev–Trinajstić information content (AvgIpc) is 2.62. The van der Waals surface area contributed by atoms with Crippen molar-refractivity contribution in [2.24, 2.45) is 0 Å². The summed E-state index contributed by atoms with van der Waals surface area (Å²) in [6.45, 7) is 8.62. The van der Waals surface area contributed by atoms with Crippen LogP contribution < -0.4 is 0 Å². The Morgan fingerprint density at radius 2 is 1.58 bits per heavy atom. The first-order chi connectivity index (χ1) is 7.88. The number of nitrogens with one attached hydrogen (secondary N) is 1. The van der Waals surface area contributed by atoms with E-state index in [1.165, 1.54) is 38.6 Å². The van der Waals surface area contributed by atoms with Crippen molar-refractivity contribution >= 4 is 33.6 Å². The van der Waals surface area contributed by atoms with Gasteiger partial charge in [0.1, 0.15) is 0 Å². The Morgan fingerprint density at radius 3 is 2.00 bits per heavy atom. The molecule has 0 heterocycles. The summed E-state index contributed by atoms with van der Waals surface area (Å²) < 4.78 is 1.18. The molecule has 2 aromatic carbocycles. The van der Waals surface area contributed by atoms with Crippen LogP contribution in [0.15, 0.2) is 40.9 Å². The van der Waals surface area contributed by atoms with Crippen LogP contribution in [0.1, 0.15) is 20.8 Å². The van der Waals surface area contributed by atoms with Gasteiger partial charge in [-0.3, -0.25) is 0 Å². The summed E-state index contributed by atoms with van der Waals surface area (Å²) in [4.78, 5) is 0. The zero-order chi connectivity index (χ0) is 13.5. The molecule has 0 aliphatic carbocycles. The van der Waals surface area contributed by atoms with Gasteiger partial charge in [-0.2, -0.15) is 0 Å². The van der Waals surface area contributed by atoms with Crippen LogP contribution in [-0.2, 0) is 23.3 Å². The first-order valence-corrected chi connectivity index (χ1v) is 10.2. The number of fused-ring (bicyclic) bond motifs is 1. The fourth-order valence-electron chi connectivity index (χ4n) is 1.11. The molecule has 0 saturated carbocycles. The predicted octanol–water partition coefficient (Wildman–Crippen LogP) is 5.68. The molecule has 0 aliphatic rings. The molecule has 106 valence electrons. The Kier molecular flexibility index (Phi) is 15.6. The number of hydrogen-bond donors (Lipinski definition) is 0. The Hall–Kier alpha value is 0.370. The number of rotatable bonds is 0. The molecule has 0 atom stereocenters. The Bertz CT molecular complexity index is 443. The van der Waals surface area contributed by atoms with Crippen molar-refractivity contribution < 1.29 is 23.3 Å². The van der Waals surface area contributed by atoms with Gasteiger partial charge >= 0.3 is 30.2 Å². The minimum absolute atomic E-state index is 0. The SMILES string of the molecule is Brc1c[cH-]c2ccccc12.CC(C)(C)[NH-].[CH3-].[CH3-].[Si]=[Zr]. The van der Waals surface area contributed by atoms with Crippen molar-refractivity contribution in [3.05, 3.63) is 61.5 Å². The van der Waals surface area contributed by atoms with Gasteiger partial charge in [0.15, 0.2) is 0 Å². The van der Waals surface area contributed by atoms with Gasteiger partial charge in [-0.15, -0.1) is 62.6 Å². The van der Waals surface area contributed by atoms with Crippen molar-refractivity contribution in [1.29, 1.82) is 0 Å². The van der Waals surface area contributed by atoms with Crippen molar-refractivity contribution in [1.82, 2.24) is 0 Å². The van der Waals surface area contributed by atoms with Crippen LogP contribution in [0.5, 0.6) is 0 Å². The third-order valence-corrected chi connectivity index (χ3v) is 2.32. The van der Waals surface area contributed by atoms with Crippen molar-refractivity contribution in [3.63, 3.8) is 0 Å². The van der Waals surface area contributed by atoms with Crippen LogP contribution in [0.25, 0.3) is 16.5 Å². The van der Waals surface area contributed by atoms with Gasteiger partial charge in [0, 0.05) is 0 Å². The van der Waals surface area contributed by atoms with Crippen molar-refractivity contribution in [3.8, 4) is 0 Å². The van der Waals surface area contributed by atoms with E-state index in [0.29, 0.717) is 0 Å². The van der Waals surface area contributed by atoms with Crippen LogP contribution in [0.3, 0.4) is 0 Å². The Morgan fingerprint density at radius 1 is 1.16 bits per heavy atom. The van der Waals surface area contributed by atoms with Gasteiger partial charge in [0.25, 0.3) is 0 Å². The fraction of sp³-hybridized carbons (Fsp3) is 0.267. The third-order valence-electron chi connectivity index (χ3n) is 1.63. The van der Waals surface area contributed by atoms with Gasteiger partial charge in [-0.1, -0.05) is 31.3 Å². The van der Waals surface area contributed by atoms with Gasteiger partial charge in [-0.05, 0) is 0 Å². The van der Waals surface area contributed by atoms with Gasteiger partial charge in [0.2, 0.25) is 0 Å². The predicted molar refractivity (Wildman–Crippen MR) is 89.9 cm³/mol. The number of hydrogen-bond acceptors (Lipinski definition) is 0. The molecule has 0 fully saturated rings. The summed E-state index contributed by atoms with van der Waals surface area (Å²) in [5, 5.41) is 2.59. The second-order valence-electron chi connectivity index (χ2n) is 4.52. The molecule has 0 spiro atoms. The molecule has 19 heavy (non-hydrogen) atoms. The van der Waals surface area contributed by atoms with E-state index in [0.717, 1.165) is 0 Å². The van der Waals surface area contributed by atoms with Crippen molar-refractivity contribution in [2.45, 2.75) is 26.3 Å². The quantitative estimate of drug-likeness (QED) is 0.391. The molecule has 2 rings (SSSR count). The van der Waals surface area contributed by atoms with Crippen molar-refractivity contribution in [2.75, 3.05) is 0 Å². The molecule has 1 N–H and O–H groups in total. The second-order valence-corrected chi connectivity index (χ2v) is 5.37. The van der Waals surface area contributed by atoms with Gasteiger partial charge < -0.3 is 20.6 Å². The van der Waals surface area contributed by atoms with E-state index in [-0.39, 0.29) is 20.4 Å². The summed E-state index contributed by atoms with van der Waals surface area (Å²) in [5.74, 6) is 0. The maximum absolute atomic E-state index is 6.94. The van der Waals surface area contributed by atoms with E-state index in [1.807, 2.05) is 26.8 Å². The van der Waals surface area contributed by atoms with E-state index in [4.69, 9.17) is 5.73 Å². The van der Waals surface area contributed by atoms with E-state index in [2.05, 4.69) is 53.1 Å². The molecule has 0 aliphatic heterocycles. The monoisotopic (exact) mass is 413 g/mol. The summed E-state index contributed by atoms with van der Waals surface area (Å²) in [5.41, 5.74) is 6.69. The van der Waals surface area contributed by atoms with Crippen LogP contribution in [-0.4, -0.2) is 12.4 Å². The normalized spacial score (nSPS) is 8.84. The molecule has 0 aromatic heterocycles. The summed E-state index contributed by atoms with van der Waals surface area (Å²) in [6.07, 6.45) is 0. The minimum atomic E-state index is -0.250. The number of benzene rings is 1. The molecule has 0 amide bonds. The molecule has 0 bridgehead atoms. The van der Waals surface area contributed by atoms with E-state index in [1.54, 1.807) is 0 Å². The molecule has 1 nitrogen and oxygen atoms in total.